The second kappa shape index (κ2) is 6.26. The van der Waals surface area contributed by atoms with Crippen molar-refractivity contribution >= 4 is 17.5 Å². The van der Waals surface area contributed by atoms with Crippen LogP contribution in [0.5, 0.6) is 5.75 Å². The van der Waals surface area contributed by atoms with Crippen molar-refractivity contribution in [2.75, 3.05) is 23.9 Å². The topological polar surface area (TPSA) is 67.3 Å². The number of carbonyl (C=O) groups excluding carboxylic acids is 1. The molecule has 2 heterocycles. The van der Waals surface area contributed by atoms with Crippen molar-refractivity contribution in [3.8, 4) is 5.75 Å². The van der Waals surface area contributed by atoms with Gasteiger partial charge in [-0.2, -0.15) is 0 Å². The zero-order valence-electron chi connectivity index (χ0n) is 12.1. The molecule has 1 aliphatic heterocycles. The van der Waals surface area contributed by atoms with Crippen LogP contribution >= 0.6 is 0 Å². The van der Waals surface area contributed by atoms with Gasteiger partial charge in [-0.1, -0.05) is 12.2 Å². The molecule has 22 heavy (non-hydrogen) atoms. The quantitative estimate of drug-likeness (QED) is 0.872. The Labute approximate surface area is 128 Å². The van der Waals surface area contributed by atoms with E-state index in [1.165, 1.54) is 0 Å². The van der Waals surface area contributed by atoms with E-state index >= 15 is 0 Å². The second-order valence-corrected chi connectivity index (χ2v) is 4.79. The minimum Gasteiger partial charge on any atom is -0.497 e. The summed E-state index contributed by atoms with van der Waals surface area (Å²) in [5.74, 6) is 1.17. The average Bonchev–Trinajstić information content (AvgIpc) is 3.06. The van der Waals surface area contributed by atoms with Gasteiger partial charge in [0.25, 0.3) is 5.91 Å². The summed E-state index contributed by atoms with van der Waals surface area (Å²) >= 11 is 0. The molecule has 0 saturated carbocycles. The summed E-state index contributed by atoms with van der Waals surface area (Å²) in [5.41, 5.74) is 0.722. The highest BCUT2D eigenvalue weighted by atomic mass is 16.5. The number of aromatic nitrogens is 2. The van der Waals surface area contributed by atoms with Crippen LogP contribution in [0.25, 0.3) is 0 Å². The van der Waals surface area contributed by atoms with Crippen LogP contribution < -0.4 is 15.0 Å². The van der Waals surface area contributed by atoms with Gasteiger partial charge in [-0.3, -0.25) is 4.79 Å². The van der Waals surface area contributed by atoms with Crippen LogP contribution in [0.1, 0.15) is 0 Å². The number of amides is 1. The van der Waals surface area contributed by atoms with E-state index in [-0.39, 0.29) is 5.91 Å². The third-order valence-corrected chi connectivity index (χ3v) is 3.39. The summed E-state index contributed by atoms with van der Waals surface area (Å²) < 4.78 is 5.10. The van der Waals surface area contributed by atoms with E-state index in [4.69, 9.17) is 4.74 Å². The van der Waals surface area contributed by atoms with Gasteiger partial charge in [-0.25, -0.2) is 9.97 Å². The number of methoxy groups -OCH3 is 1. The fourth-order valence-electron chi connectivity index (χ4n) is 2.29. The number of anilines is 2. The number of hydrogen-bond donors (Lipinski definition) is 1. The number of hydrogen-bond acceptors (Lipinski definition) is 5. The van der Waals surface area contributed by atoms with E-state index in [9.17, 15) is 4.79 Å². The standard InChI is InChI=1S/C16H16N4O2/c1-22-13-7-5-12(6-8-13)19-15(21)14-4-2-11-20(14)16-17-9-3-10-18-16/h2-10,14H,11H2,1H3,(H,19,21)/t14-/m0/s1. The first-order valence-corrected chi connectivity index (χ1v) is 6.93. The maximum absolute atomic E-state index is 12.5. The summed E-state index contributed by atoms with van der Waals surface area (Å²) in [7, 11) is 1.61. The molecule has 0 unspecified atom stereocenters. The van der Waals surface area contributed by atoms with Gasteiger partial charge in [-0.15, -0.1) is 0 Å². The van der Waals surface area contributed by atoms with Gasteiger partial charge >= 0.3 is 0 Å². The Balaban J connectivity index is 1.72. The molecule has 1 N–H and O–H groups in total. The van der Waals surface area contributed by atoms with E-state index in [1.54, 1.807) is 49.8 Å². The number of nitrogens with one attached hydrogen (secondary N) is 1. The lowest BCUT2D eigenvalue weighted by molar-refractivity contribution is -0.116. The highest BCUT2D eigenvalue weighted by molar-refractivity contribution is 5.98. The molecular formula is C16H16N4O2. The molecule has 2 aromatic rings. The number of nitrogens with zero attached hydrogens (tertiary/aromatic N) is 3. The minimum absolute atomic E-state index is 0.119. The Morgan fingerprint density at radius 3 is 2.68 bits per heavy atom. The third kappa shape index (κ3) is 2.90. The molecule has 1 amide bonds. The summed E-state index contributed by atoms with van der Waals surface area (Å²) in [6.07, 6.45) is 7.13. The normalized spacial score (nSPS) is 16.6. The Kier molecular flexibility index (Phi) is 4.00. The number of benzene rings is 1. The van der Waals surface area contributed by atoms with Crippen LogP contribution in [0, 0.1) is 0 Å². The van der Waals surface area contributed by atoms with Crippen LogP contribution in [0.2, 0.25) is 0 Å². The molecule has 0 fully saturated rings. The van der Waals surface area contributed by atoms with E-state index in [0.717, 1.165) is 11.4 Å². The van der Waals surface area contributed by atoms with Gasteiger partial charge in [0, 0.05) is 24.6 Å². The monoisotopic (exact) mass is 296 g/mol. The fourth-order valence-corrected chi connectivity index (χ4v) is 2.29. The predicted molar refractivity (Wildman–Crippen MR) is 83.9 cm³/mol. The number of carbonyl (C=O) groups is 1. The van der Waals surface area contributed by atoms with Crippen molar-refractivity contribution in [1.82, 2.24) is 9.97 Å². The SMILES string of the molecule is COc1ccc(NC(=O)[C@@H]2C=CCN2c2ncccn2)cc1. The van der Waals surface area contributed by atoms with Crippen molar-refractivity contribution in [2.24, 2.45) is 0 Å². The first-order chi connectivity index (χ1) is 10.8. The maximum Gasteiger partial charge on any atom is 0.251 e. The molecule has 6 nitrogen and oxygen atoms in total. The largest absolute Gasteiger partial charge is 0.497 e. The zero-order valence-corrected chi connectivity index (χ0v) is 12.1. The van der Waals surface area contributed by atoms with Crippen LogP contribution in [0.3, 0.4) is 0 Å². The summed E-state index contributed by atoms with van der Waals surface area (Å²) in [6.45, 7) is 0.616. The molecule has 0 aliphatic carbocycles. The smallest absolute Gasteiger partial charge is 0.251 e. The Morgan fingerprint density at radius 2 is 2.00 bits per heavy atom. The van der Waals surface area contributed by atoms with Crippen molar-refractivity contribution in [1.29, 1.82) is 0 Å². The first-order valence-electron chi connectivity index (χ1n) is 6.93. The van der Waals surface area contributed by atoms with E-state index in [2.05, 4.69) is 15.3 Å². The molecule has 1 aromatic carbocycles. The third-order valence-electron chi connectivity index (χ3n) is 3.39. The summed E-state index contributed by atoms with van der Waals surface area (Å²) in [4.78, 5) is 22.7. The summed E-state index contributed by atoms with van der Waals surface area (Å²) in [5, 5.41) is 2.89. The van der Waals surface area contributed by atoms with Crippen molar-refractivity contribution in [3.63, 3.8) is 0 Å². The zero-order chi connectivity index (χ0) is 15.4. The Bertz CT molecular complexity index is 670. The van der Waals surface area contributed by atoms with Gasteiger partial charge < -0.3 is 15.0 Å². The second-order valence-electron chi connectivity index (χ2n) is 4.79. The van der Waals surface area contributed by atoms with Crippen LogP contribution in [-0.4, -0.2) is 35.6 Å². The molecule has 0 spiro atoms. The van der Waals surface area contributed by atoms with Crippen molar-refractivity contribution in [2.45, 2.75) is 6.04 Å². The predicted octanol–water partition coefficient (Wildman–Crippen LogP) is 1.87. The first kappa shape index (κ1) is 14.1. The molecule has 1 aliphatic rings. The van der Waals surface area contributed by atoms with Crippen LogP contribution in [0.4, 0.5) is 11.6 Å². The highest BCUT2D eigenvalue weighted by Gasteiger charge is 2.28. The molecule has 6 heteroatoms. The van der Waals surface area contributed by atoms with Crippen molar-refractivity contribution in [3.05, 3.63) is 54.9 Å². The lowest BCUT2D eigenvalue weighted by Crippen LogP contribution is -2.40. The molecule has 0 bridgehead atoms. The maximum atomic E-state index is 12.5. The molecular weight excluding hydrogens is 280 g/mol. The van der Waals surface area contributed by atoms with Crippen LogP contribution in [0.15, 0.2) is 54.9 Å². The van der Waals surface area contributed by atoms with E-state index in [1.807, 2.05) is 17.1 Å². The molecule has 0 saturated heterocycles. The minimum atomic E-state index is -0.412. The molecule has 1 atom stereocenters. The lowest BCUT2D eigenvalue weighted by Gasteiger charge is -2.23. The lowest BCUT2D eigenvalue weighted by atomic mass is 10.2. The molecule has 0 radical (unpaired) electrons. The fraction of sp³-hybridized carbons (Fsp3) is 0.188. The van der Waals surface area contributed by atoms with Gasteiger partial charge in [0.15, 0.2) is 0 Å². The average molecular weight is 296 g/mol. The molecule has 3 rings (SSSR count). The molecule has 1 aromatic heterocycles. The van der Waals surface area contributed by atoms with E-state index in [0.29, 0.717) is 12.5 Å². The van der Waals surface area contributed by atoms with Gasteiger partial charge in [0.05, 0.1) is 7.11 Å². The van der Waals surface area contributed by atoms with Gasteiger partial charge in [0.1, 0.15) is 11.8 Å². The van der Waals surface area contributed by atoms with Crippen LogP contribution in [-0.2, 0) is 4.79 Å². The van der Waals surface area contributed by atoms with Gasteiger partial charge in [-0.05, 0) is 30.3 Å². The molecule has 112 valence electrons. The Morgan fingerprint density at radius 1 is 1.27 bits per heavy atom. The van der Waals surface area contributed by atoms with Crippen molar-refractivity contribution < 1.29 is 9.53 Å². The number of rotatable bonds is 4. The highest BCUT2D eigenvalue weighted by Crippen LogP contribution is 2.19. The summed E-state index contributed by atoms with van der Waals surface area (Å²) in [6, 6.07) is 8.55. The Hall–Kier alpha value is -2.89. The van der Waals surface area contributed by atoms with Gasteiger partial charge in [0.2, 0.25) is 5.95 Å². The van der Waals surface area contributed by atoms with E-state index < -0.39 is 6.04 Å². The number of ether oxygens (including phenoxy) is 1.